The third-order valence-corrected chi connectivity index (χ3v) is 5.93. The molecule has 2 aromatic rings. The number of carboxylic acid groups (broad SMARTS) is 1. The number of aryl methyl sites for hydroxylation is 2. The largest absolute Gasteiger partial charge is 0.489 e. The molecule has 3 rings (SSSR count). The molecule has 31 heavy (non-hydrogen) atoms. The zero-order valence-electron chi connectivity index (χ0n) is 17.8. The minimum atomic E-state index is -3.08. The average Bonchev–Trinajstić information content (AvgIpc) is 3.18. The van der Waals surface area contributed by atoms with Crippen molar-refractivity contribution in [2.45, 2.75) is 58.3 Å². The van der Waals surface area contributed by atoms with Crippen molar-refractivity contribution in [1.82, 2.24) is 0 Å². The molecule has 0 aliphatic heterocycles. The second-order valence-corrected chi connectivity index (χ2v) is 8.42. The summed E-state index contributed by atoms with van der Waals surface area (Å²) >= 11 is 6.00. The van der Waals surface area contributed by atoms with Gasteiger partial charge in [0.25, 0.3) is 5.92 Å². The summed E-state index contributed by atoms with van der Waals surface area (Å²) in [6.07, 6.45) is 3.37. The number of hydrogen-bond donors (Lipinski definition) is 1. The van der Waals surface area contributed by atoms with Gasteiger partial charge in [-0.15, -0.1) is 0 Å². The van der Waals surface area contributed by atoms with Gasteiger partial charge in [-0.1, -0.05) is 36.7 Å². The van der Waals surface area contributed by atoms with Crippen molar-refractivity contribution in [2.75, 3.05) is 6.61 Å². The maximum Gasteiger partial charge on any atom is 0.303 e. The van der Waals surface area contributed by atoms with Gasteiger partial charge in [-0.05, 0) is 78.1 Å². The molecule has 1 aliphatic carbocycles. The molecular formula is C25H27ClF2O3. The quantitative estimate of drug-likeness (QED) is 0.447. The fourth-order valence-corrected chi connectivity index (χ4v) is 4.20. The maximum atomic E-state index is 14.3. The lowest BCUT2D eigenvalue weighted by Crippen LogP contribution is -2.14. The first-order valence-electron chi connectivity index (χ1n) is 10.5. The number of benzene rings is 2. The average molecular weight is 449 g/mol. The lowest BCUT2D eigenvalue weighted by molar-refractivity contribution is -0.137. The fourth-order valence-electron chi connectivity index (χ4n) is 4.07. The van der Waals surface area contributed by atoms with Crippen LogP contribution in [0.2, 0.25) is 5.02 Å². The van der Waals surface area contributed by atoms with E-state index < -0.39 is 11.9 Å². The molecule has 0 unspecified atom stereocenters. The fraction of sp³-hybridized carbons (Fsp3) is 0.400. The Morgan fingerprint density at radius 3 is 2.48 bits per heavy atom. The maximum absolute atomic E-state index is 14.3. The third kappa shape index (κ3) is 5.85. The van der Waals surface area contributed by atoms with E-state index in [1.807, 2.05) is 31.2 Å². The van der Waals surface area contributed by atoms with Crippen molar-refractivity contribution in [2.24, 2.45) is 0 Å². The van der Waals surface area contributed by atoms with Crippen LogP contribution < -0.4 is 4.74 Å². The van der Waals surface area contributed by atoms with Gasteiger partial charge in [0.2, 0.25) is 0 Å². The molecule has 0 saturated heterocycles. The molecule has 0 atom stereocenters. The molecule has 0 spiro atoms. The summed E-state index contributed by atoms with van der Waals surface area (Å²) in [5.41, 5.74) is 4.51. The van der Waals surface area contributed by atoms with E-state index >= 15 is 0 Å². The zero-order valence-corrected chi connectivity index (χ0v) is 18.6. The summed E-state index contributed by atoms with van der Waals surface area (Å²) < 4.78 is 34.6. The van der Waals surface area contributed by atoms with Crippen LogP contribution >= 0.6 is 11.6 Å². The first-order valence-corrected chi connectivity index (χ1v) is 10.9. The Bertz CT molecular complexity index is 975. The van der Waals surface area contributed by atoms with Crippen molar-refractivity contribution in [3.05, 3.63) is 69.2 Å². The van der Waals surface area contributed by atoms with Gasteiger partial charge >= 0.3 is 5.97 Å². The van der Waals surface area contributed by atoms with Crippen molar-refractivity contribution < 1.29 is 23.4 Å². The van der Waals surface area contributed by atoms with Gasteiger partial charge in [-0.2, -0.15) is 0 Å². The highest BCUT2D eigenvalue weighted by molar-refractivity contribution is 6.30. The Balaban J connectivity index is 1.88. The number of alkyl halides is 2. The Kier molecular flexibility index (Phi) is 7.37. The van der Waals surface area contributed by atoms with E-state index in [1.54, 1.807) is 6.07 Å². The van der Waals surface area contributed by atoms with Crippen molar-refractivity contribution >= 4 is 23.1 Å². The zero-order chi connectivity index (χ0) is 22.6. The SMILES string of the molecule is CCc1cc(CCC(=O)O)c(C(C)(F)F)cc1OCC1=C(c2ccc(Cl)cc2)CCC1. The molecule has 0 saturated carbocycles. The lowest BCUT2D eigenvalue weighted by Gasteiger charge is -2.20. The van der Waals surface area contributed by atoms with E-state index in [2.05, 4.69) is 0 Å². The van der Waals surface area contributed by atoms with Gasteiger partial charge in [0.05, 0.1) is 0 Å². The predicted octanol–water partition coefficient (Wildman–Crippen LogP) is 7.05. The minimum Gasteiger partial charge on any atom is -0.489 e. The second kappa shape index (κ2) is 9.82. The molecule has 0 fully saturated rings. The number of allylic oxidation sites excluding steroid dienone is 1. The normalized spacial score (nSPS) is 14.2. The number of hydrogen-bond acceptors (Lipinski definition) is 2. The van der Waals surface area contributed by atoms with E-state index in [-0.39, 0.29) is 18.4 Å². The first kappa shape index (κ1) is 23.3. The number of carbonyl (C=O) groups is 1. The van der Waals surface area contributed by atoms with Gasteiger partial charge in [-0.25, -0.2) is 8.78 Å². The van der Waals surface area contributed by atoms with Gasteiger partial charge < -0.3 is 9.84 Å². The highest BCUT2D eigenvalue weighted by atomic mass is 35.5. The lowest BCUT2D eigenvalue weighted by atomic mass is 9.94. The van der Waals surface area contributed by atoms with Crippen LogP contribution in [0.3, 0.4) is 0 Å². The molecule has 0 radical (unpaired) electrons. The number of rotatable bonds is 9. The Morgan fingerprint density at radius 2 is 1.87 bits per heavy atom. The van der Waals surface area contributed by atoms with E-state index in [1.165, 1.54) is 17.2 Å². The molecular weight excluding hydrogens is 422 g/mol. The standard InChI is InChI=1S/C25H27ClF2O3/c1-3-16-13-18(9-12-24(29)30)22(25(2,27)28)14-23(16)31-15-19-5-4-6-21(19)17-7-10-20(26)11-8-17/h7-8,10-11,13-14H,3-6,9,12,15H2,1-2H3,(H,29,30). The monoisotopic (exact) mass is 448 g/mol. The Morgan fingerprint density at radius 1 is 1.16 bits per heavy atom. The van der Waals surface area contributed by atoms with Crippen LogP contribution in [0.25, 0.3) is 5.57 Å². The molecule has 1 aliphatic rings. The predicted molar refractivity (Wildman–Crippen MR) is 119 cm³/mol. The summed E-state index contributed by atoms with van der Waals surface area (Å²) in [6.45, 7) is 3.11. The molecule has 6 heteroatoms. The van der Waals surface area contributed by atoms with Crippen molar-refractivity contribution in [3.63, 3.8) is 0 Å². The van der Waals surface area contributed by atoms with E-state index in [0.29, 0.717) is 29.4 Å². The summed E-state index contributed by atoms with van der Waals surface area (Å²) in [4.78, 5) is 10.9. The summed E-state index contributed by atoms with van der Waals surface area (Å²) in [5.74, 6) is -3.65. The topological polar surface area (TPSA) is 46.5 Å². The summed E-state index contributed by atoms with van der Waals surface area (Å²) in [5, 5.41) is 9.65. The van der Waals surface area contributed by atoms with Crippen LogP contribution in [0.1, 0.15) is 61.8 Å². The smallest absolute Gasteiger partial charge is 0.303 e. The molecule has 3 nitrogen and oxygen atoms in total. The van der Waals surface area contributed by atoms with Crippen molar-refractivity contribution in [1.29, 1.82) is 0 Å². The van der Waals surface area contributed by atoms with Crippen LogP contribution in [0.4, 0.5) is 8.78 Å². The molecule has 166 valence electrons. The van der Waals surface area contributed by atoms with E-state index in [4.69, 9.17) is 21.4 Å². The van der Waals surface area contributed by atoms with Gasteiger partial charge in [0, 0.05) is 23.9 Å². The molecule has 0 heterocycles. The second-order valence-electron chi connectivity index (χ2n) is 7.98. The first-order chi connectivity index (χ1) is 14.7. The van der Waals surface area contributed by atoms with Crippen LogP contribution in [0.15, 0.2) is 42.0 Å². The summed E-state index contributed by atoms with van der Waals surface area (Å²) in [6, 6.07) is 10.8. The molecule has 0 bridgehead atoms. The molecule has 0 aromatic heterocycles. The van der Waals surface area contributed by atoms with E-state index in [0.717, 1.165) is 37.3 Å². The molecule has 2 aromatic carbocycles. The van der Waals surface area contributed by atoms with Crippen LogP contribution in [-0.2, 0) is 23.6 Å². The minimum absolute atomic E-state index is 0.0627. The van der Waals surface area contributed by atoms with Gasteiger partial charge in [-0.3, -0.25) is 4.79 Å². The van der Waals surface area contributed by atoms with Gasteiger partial charge in [0.1, 0.15) is 12.4 Å². The third-order valence-electron chi connectivity index (χ3n) is 5.68. The molecule has 0 amide bonds. The van der Waals surface area contributed by atoms with E-state index in [9.17, 15) is 13.6 Å². The van der Waals surface area contributed by atoms with Crippen LogP contribution in [-0.4, -0.2) is 17.7 Å². The molecule has 1 N–H and O–H groups in total. The highest BCUT2D eigenvalue weighted by Gasteiger charge is 2.29. The van der Waals surface area contributed by atoms with Crippen LogP contribution in [0.5, 0.6) is 5.75 Å². The Labute approximate surface area is 186 Å². The number of carboxylic acids is 1. The number of ether oxygens (including phenoxy) is 1. The Hall–Kier alpha value is -2.40. The highest BCUT2D eigenvalue weighted by Crippen LogP contribution is 2.38. The number of aliphatic carboxylic acids is 1. The number of halogens is 3. The van der Waals surface area contributed by atoms with Crippen molar-refractivity contribution in [3.8, 4) is 5.75 Å². The summed E-state index contributed by atoms with van der Waals surface area (Å²) in [7, 11) is 0. The van der Waals surface area contributed by atoms with Gasteiger partial charge in [0.15, 0.2) is 0 Å². The van der Waals surface area contributed by atoms with Crippen LogP contribution in [0, 0.1) is 0 Å².